The summed E-state index contributed by atoms with van der Waals surface area (Å²) < 4.78 is 30.9. The Hall–Kier alpha value is -4.03. The van der Waals surface area contributed by atoms with Crippen molar-refractivity contribution in [3.8, 4) is 11.8 Å². The van der Waals surface area contributed by atoms with Gasteiger partial charge in [0, 0.05) is 6.54 Å². The van der Waals surface area contributed by atoms with Crippen LogP contribution in [0.25, 0.3) is 11.6 Å². The molecule has 1 heterocycles. The van der Waals surface area contributed by atoms with Gasteiger partial charge < -0.3 is 10.1 Å². The summed E-state index contributed by atoms with van der Waals surface area (Å²) in [5.74, 6) is -0.616. The van der Waals surface area contributed by atoms with Gasteiger partial charge in [-0.2, -0.15) is 14.0 Å². The maximum atomic E-state index is 13.2. The van der Waals surface area contributed by atoms with Crippen molar-refractivity contribution in [2.45, 2.75) is 13.2 Å². The molecular weight excluding hydrogens is 448 g/mol. The number of rotatable bonds is 8. The maximum Gasteiger partial charge on any atom is 0.387 e. The molecule has 1 amide bonds. The number of ether oxygens (including phenoxy) is 1. The van der Waals surface area contributed by atoms with Gasteiger partial charge in [-0.15, -0.1) is 17.9 Å². The molecule has 0 saturated carbocycles. The predicted octanol–water partition coefficient (Wildman–Crippen LogP) is 2.36. The highest BCUT2D eigenvalue weighted by molar-refractivity contribution is 7.07. The van der Waals surface area contributed by atoms with Crippen LogP contribution in [0, 0.1) is 11.3 Å². The Bertz CT molecular complexity index is 1360. The second-order valence-corrected chi connectivity index (χ2v) is 7.76. The molecule has 0 unspecified atom stereocenters. The Morgan fingerprint density at radius 2 is 1.91 bits per heavy atom. The van der Waals surface area contributed by atoms with Gasteiger partial charge in [0.05, 0.1) is 11.1 Å². The van der Waals surface area contributed by atoms with E-state index in [9.17, 15) is 23.6 Å². The number of nitrogens with zero attached hydrogens (tertiary/aromatic N) is 2. The lowest BCUT2D eigenvalue weighted by Crippen LogP contribution is -2.35. The first-order valence-electron chi connectivity index (χ1n) is 9.76. The number of carbonyl (C=O) groups is 1. The number of hydrogen-bond donors (Lipinski definition) is 1. The van der Waals surface area contributed by atoms with Gasteiger partial charge in [-0.1, -0.05) is 48.5 Å². The van der Waals surface area contributed by atoms with E-state index in [-0.39, 0.29) is 39.2 Å². The summed E-state index contributed by atoms with van der Waals surface area (Å²) in [6, 6.07) is 16.9. The molecule has 0 aliphatic heterocycles. The number of carbonyl (C=O) groups excluding carboxylic acids is 1. The van der Waals surface area contributed by atoms with Gasteiger partial charge in [0.15, 0.2) is 5.57 Å². The van der Waals surface area contributed by atoms with Crippen molar-refractivity contribution < 1.29 is 18.3 Å². The van der Waals surface area contributed by atoms with E-state index in [0.717, 1.165) is 16.9 Å². The molecular formula is C24H19F2N3O3S. The molecule has 0 fully saturated rings. The number of benzene rings is 2. The van der Waals surface area contributed by atoms with Crippen molar-refractivity contribution in [1.82, 2.24) is 9.88 Å². The molecule has 168 valence electrons. The van der Waals surface area contributed by atoms with Crippen molar-refractivity contribution in [2.24, 2.45) is 0 Å². The Balaban J connectivity index is 2.15. The zero-order valence-corrected chi connectivity index (χ0v) is 18.1. The summed E-state index contributed by atoms with van der Waals surface area (Å²) in [6.07, 6.45) is 3.06. The van der Waals surface area contributed by atoms with Crippen molar-refractivity contribution >= 4 is 28.9 Å². The minimum atomic E-state index is -2.93. The number of aromatic nitrogens is 1. The number of nitriles is 1. The fraction of sp³-hybridized carbons (Fsp3) is 0.125. The van der Waals surface area contributed by atoms with Gasteiger partial charge in [-0.3, -0.25) is 14.2 Å². The minimum Gasteiger partial charge on any atom is -0.435 e. The van der Waals surface area contributed by atoms with E-state index in [0.29, 0.717) is 5.56 Å². The van der Waals surface area contributed by atoms with Crippen LogP contribution < -0.4 is 24.8 Å². The molecule has 0 aliphatic rings. The number of hydrogen-bond acceptors (Lipinski definition) is 5. The summed E-state index contributed by atoms with van der Waals surface area (Å²) >= 11 is 1.01. The Kier molecular flexibility index (Phi) is 7.89. The van der Waals surface area contributed by atoms with Gasteiger partial charge >= 0.3 is 6.61 Å². The third-order valence-corrected chi connectivity index (χ3v) is 5.58. The number of alkyl halides is 2. The van der Waals surface area contributed by atoms with E-state index >= 15 is 0 Å². The Morgan fingerprint density at radius 1 is 1.21 bits per heavy atom. The van der Waals surface area contributed by atoms with Crippen LogP contribution in [0.2, 0.25) is 0 Å². The van der Waals surface area contributed by atoms with E-state index in [2.05, 4.69) is 16.6 Å². The van der Waals surface area contributed by atoms with E-state index in [1.807, 2.05) is 36.4 Å². The second kappa shape index (κ2) is 11.0. The second-order valence-electron chi connectivity index (χ2n) is 6.73. The van der Waals surface area contributed by atoms with Crippen LogP contribution in [0.3, 0.4) is 0 Å². The zero-order valence-electron chi connectivity index (χ0n) is 17.3. The van der Waals surface area contributed by atoms with Gasteiger partial charge in [0.25, 0.3) is 11.5 Å². The van der Waals surface area contributed by atoms with Crippen LogP contribution in [-0.4, -0.2) is 23.6 Å². The van der Waals surface area contributed by atoms with Crippen LogP contribution in [0.1, 0.15) is 11.1 Å². The average molecular weight is 467 g/mol. The maximum absolute atomic E-state index is 13.2. The monoisotopic (exact) mass is 467 g/mol. The highest BCUT2D eigenvalue weighted by Crippen LogP contribution is 2.15. The van der Waals surface area contributed by atoms with Crippen molar-refractivity contribution in [1.29, 1.82) is 5.26 Å². The highest BCUT2D eigenvalue weighted by atomic mass is 32.1. The molecule has 3 rings (SSSR count). The summed E-state index contributed by atoms with van der Waals surface area (Å²) in [5.41, 5.74) is 0.830. The SMILES string of the molecule is C=CCNC(=O)C(C#N)=c1sc(=Cc2ccc(OC(F)F)cc2)c(=O)n1Cc1ccccc1. The van der Waals surface area contributed by atoms with Crippen LogP contribution in [0.4, 0.5) is 8.78 Å². The molecule has 1 aromatic heterocycles. The molecule has 9 heteroatoms. The van der Waals surface area contributed by atoms with Crippen LogP contribution in [-0.2, 0) is 11.3 Å². The summed E-state index contributed by atoms with van der Waals surface area (Å²) in [5, 5.41) is 12.2. The predicted molar refractivity (Wildman–Crippen MR) is 122 cm³/mol. The van der Waals surface area contributed by atoms with Gasteiger partial charge in [0.2, 0.25) is 0 Å². The quantitative estimate of drug-likeness (QED) is 0.516. The first-order valence-corrected chi connectivity index (χ1v) is 10.6. The topological polar surface area (TPSA) is 84.1 Å². The molecule has 0 radical (unpaired) electrons. The van der Waals surface area contributed by atoms with Gasteiger partial charge in [0.1, 0.15) is 16.5 Å². The zero-order chi connectivity index (χ0) is 23.8. The fourth-order valence-electron chi connectivity index (χ4n) is 2.96. The molecule has 1 N–H and O–H groups in total. The fourth-order valence-corrected chi connectivity index (χ4v) is 4.06. The molecule has 0 bridgehead atoms. The summed E-state index contributed by atoms with van der Waals surface area (Å²) in [7, 11) is 0. The van der Waals surface area contributed by atoms with E-state index in [1.165, 1.54) is 34.9 Å². The lowest BCUT2D eigenvalue weighted by Gasteiger charge is -2.04. The van der Waals surface area contributed by atoms with Crippen molar-refractivity contribution in [2.75, 3.05) is 6.54 Å². The Labute approximate surface area is 192 Å². The van der Waals surface area contributed by atoms with Crippen molar-refractivity contribution in [3.63, 3.8) is 0 Å². The number of halogens is 2. The molecule has 0 aliphatic carbocycles. The molecule has 0 saturated heterocycles. The van der Waals surface area contributed by atoms with Crippen molar-refractivity contribution in [3.05, 3.63) is 97.9 Å². The van der Waals surface area contributed by atoms with Gasteiger partial charge in [-0.25, -0.2) is 0 Å². The minimum absolute atomic E-state index is 0.00510. The highest BCUT2D eigenvalue weighted by Gasteiger charge is 2.15. The third kappa shape index (κ3) is 6.02. The molecule has 0 atom stereocenters. The van der Waals surface area contributed by atoms with E-state index < -0.39 is 12.5 Å². The number of amides is 1. The molecule has 33 heavy (non-hydrogen) atoms. The van der Waals surface area contributed by atoms with Crippen LogP contribution in [0.15, 0.2) is 72.0 Å². The standard InChI is InChI=1S/C24H19F2N3O3S/c1-2-12-28-21(30)19(14-27)23-29(15-17-6-4-3-5-7-17)22(31)20(33-23)13-16-8-10-18(11-9-16)32-24(25)26/h2-11,13,24H,1,12,15H2,(H,28,30). The molecule has 2 aromatic carbocycles. The first kappa shape index (κ1) is 23.6. The van der Waals surface area contributed by atoms with E-state index in [4.69, 9.17) is 0 Å². The van der Waals surface area contributed by atoms with Crippen LogP contribution in [0.5, 0.6) is 5.75 Å². The molecule has 0 spiro atoms. The molecule has 6 nitrogen and oxygen atoms in total. The lowest BCUT2D eigenvalue weighted by molar-refractivity contribution is -0.115. The van der Waals surface area contributed by atoms with E-state index in [1.54, 1.807) is 6.08 Å². The average Bonchev–Trinajstić information content (AvgIpc) is 3.09. The summed E-state index contributed by atoms with van der Waals surface area (Å²) in [4.78, 5) is 25.7. The van der Waals surface area contributed by atoms with Gasteiger partial charge in [-0.05, 0) is 29.3 Å². The smallest absolute Gasteiger partial charge is 0.387 e. The first-order chi connectivity index (χ1) is 15.9. The normalized spacial score (nSPS) is 12.2. The lowest BCUT2D eigenvalue weighted by atomic mass is 10.2. The molecule has 3 aromatic rings. The van der Waals surface area contributed by atoms with Crippen LogP contribution >= 0.6 is 11.3 Å². The Morgan fingerprint density at radius 3 is 2.52 bits per heavy atom. The number of nitrogens with one attached hydrogen (secondary N) is 1. The number of thiazole rings is 1. The largest absolute Gasteiger partial charge is 0.435 e. The summed E-state index contributed by atoms with van der Waals surface area (Å²) in [6.45, 7) is 0.941. The third-order valence-electron chi connectivity index (χ3n) is 4.45.